The highest BCUT2D eigenvalue weighted by atomic mass is 32.2. The fourth-order valence-corrected chi connectivity index (χ4v) is 3.07. The molecule has 0 aliphatic heterocycles. The fourth-order valence-electron chi connectivity index (χ4n) is 2.20. The van der Waals surface area contributed by atoms with Crippen molar-refractivity contribution in [3.63, 3.8) is 0 Å². The van der Waals surface area contributed by atoms with E-state index in [4.69, 9.17) is 10.5 Å². The van der Waals surface area contributed by atoms with Crippen LogP contribution < -0.4 is 15.8 Å². The first kappa shape index (κ1) is 20.1. The molecule has 8 heteroatoms. The van der Waals surface area contributed by atoms with Crippen molar-refractivity contribution >= 4 is 23.4 Å². The van der Waals surface area contributed by atoms with Gasteiger partial charge in [-0.1, -0.05) is 0 Å². The predicted molar refractivity (Wildman–Crippen MR) is 96.3 cm³/mol. The first-order valence-corrected chi connectivity index (χ1v) is 8.63. The summed E-state index contributed by atoms with van der Waals surface area (Å²) < 4.78 is 44.0. The van der Waals surface area contributed by atoms with Crippen LogP contribution in [0, 0.1) is 0 Å². The number of methoxy groups -OCH3 is 1. The lowest BCUT2D eigenvalue weighted by Crippen LogP contribution is -2.23. The van der Waals surface area contributed by atoms with Crippen LogP contribution in [0.3, 0.4) is 0 Å². The van der Waals surface area contributed by atoms with E-state index >= 15 is 0 Å². The van der Waals surface area contributed by atoms with E-state index in [2.05, 4.69) is 5.32 Å². The van der Waals surface area contributed by atoms with Gasteiger partial charge >= 0.3 is 6.18 Å². The van der Waals surface area contributed by atoms with E-state index in [-0.39, 0.29) is 12.2 Å². The Kier molecular flexibility index (Phi) is 6.55. The summed E-state index contributed by atoms with van der Waals surface area (Å²) in [6, 6.07) is 10.5. The van der Waals surface area contributed by atoms with Crippen molar-refractivity contribution < 1.29 is 22.7 Å². The molecule has 1 atom stereocenters. The van der Waals surface area contributed by atoms with Crippen molar-refractivity contribution in [2.24, 2.45) is 5.73 Å². The number of rotatable bonds is 6. The van der Waals surface area contributed by atoms with Crippen LogP contribution in [0.25, 0.3) is 0 Å². The molecule has 0 saturated carbocycles. The topological polar surface area (TPSA) is 64.3 Å². The molecule has 2 aromatic rings. The number of carbonyl (C=O) groups excluding carboxylic acids is 1. The quantitative estimate of drug-likeness (QED) is 0.729. The zero-order valence-electron chi connectivity index (χ0n) is 14.3. The maximum atomic E-state index is 13.0. The Morgan fingerprint density at radius 2 is 1.88 bits per heavy atom. The largest absolute Gasteiger partial charge is 0.497 e. The van der Waals surface area contributed by atoms with Gasteiger partial charge < -0.3 is 15.8 Å². The third kappa shape index (κ3) is 5.40. The van der Waals surface area contributed by atoms with E-state index in [1.807, 2.05) is 12.1 Å². The van der Waals surface area contributed by atoms with Crippen molar-refractivity contribution in [1.82, 2.24) is 0 Å². The summed E-state index contributed by atoms with van der Waals surface area (Å²) in [5, 5.41) is 2.03. The number of nitrogens with one attached hydrogen (secondary N) is 1. The lowest BCUT2D eigenvalue weighted by atomic mass is 10.1. The number of halogens is 3. The second-order valence-electron chi connectivity index (χ2n) is 5.55. The average molecular weight is 384 g/mol. The number of benzene rings is 2. The van der Waals surface area contributed by atoms with Crippen molar-refractivity contribution in [3.8, 4) is 5.75 Å². The standard InChI is InChI=1S/C18H19F3N2O2S/c1-11(26-16-5-3-15(25-2)4-6-16)17(24)23-14-8-12(10-22)7-13(9-14)18(19,20)21/h3-9,11H,10,22H2,1-2H3,(H,23,24). The normalized spacial score (nSPS) is 12.5. The third-order valence-corrected chi connectivity index (χ3v) is 4.68. The van der Waals surface area contributed by atoms with Crippen LogP contribution in [0.15, 0.2) is 47.4 Å². The molecule has 2 aromatic carbocycles. The number of thioether (sulfide) groups is 1. The van der Waals surface area contributed by atoms with Gasteiger partial charge in [0, 0.05) is 17.1 Å². The van der Waals surface area contributed by atoms with E-state index in [1.165, 1.54) is 17.8 Å². The first-order valence-electron chi connectivity index (χ1n) is 7.75. The lowest BCUT2D eigenvalue weighted by molar-refractivity contribution is -0.137. The van der Waals surface area contributed by atoms with Gasteiger partial charge in [0.1, 0.15) is 5.75 Å². The summed E-state index contributed by atoms with van der Waals surface area (Å²) in [5.41, 5.74) is 4.98. The van der Waals surface area contributed by atoms with Gasteiger partial charge in [-0.3, -0.25) is 4.79 Å². The zero-order chi connectivity index (χ0) is 19.3. The van der Waals surface area contributed by atoms with Crippen molar-refractivity contribution in [3.05, 3.63) is 53.6 Å². The molecular formula is C18H19F3N2O2S. The van der Waals surface area contributed by atoms with Crippen LogP contribution in [0.5, 0.6) is 5.75 Å². The Labute approximate surface area is 153 Å². The molecule has 140 valence electrons. The summed E-state index contributed by atoms with van der Waals surface area (Å²) >= 11 is 1.30. The highest BCUT2D eigenvalue weighted by Crippen LogP contribution is 2.32. The molecule has 3 N–H and O–H groups in total. The van der Waals surface area contributed by atoms with Gasteiger partial charge in [-0.2, -0.15) is 13.2 Å². The van der Waals surface area contributed by atoms with Crippen molar-refractivity contribution in [1.29, 1.82) is 0 Å². The summed E-state index contributed by atoms with van der Waals surface area (Å²) in [6.07, 6.45) is -4.51. The minimum atomic E-state index is -4.51. The smallest absolute Gasteiger partial charge is 0.416 e. The first-order chi connectivity index (χ1) is 12.2. The van der Waals surface area contributed by atoms with Crippen LogP contribution in [-0.2, 0) is 17.5 Å². The van der Waals surface area contributed by atoms with E-state index in [9.17, 15) is 18.0 Å². The van der Waals surface area contributed by atoms with Gasteiger partial charge in [0.15, 0.2) is 0 Å². The molecule has 0 fully saturated rings. The van der Waals surface area contributed by atoms with Gasteiger partial charge in [0.2, 0.25) is 5.91 Å². The van der Waals surface area contributed by atoms with Crippen LogP contribution in [0.1, 0.15) is 18.1 Å². The number of anilines is 1. The number of carbonyl (C=O) groups is 1. The number of amides is 1. The predicted octanol–water partition coefficient (Wildman–Crippen LogP) is 4.29. The summed E-state index contributed by atoms with van der Waals surface area (Å²) in [4.78, 5) is 13.2. The van der Waals surface area contributed by atoms with Gasteiger partial charge in [-0.25, -0.2) is 0 Å². The maximum absolute atomic E-state index is 13.0. The molecule has 0 radical (unpaired) electrons. The second-order valence-corrected chi connectivity index (χ2v) is 6.96. The minimum Gasteiger partial charge on any atom is -0.497 e. The highest BCUT2D eigenvalue weighted by Gasteiger charge is 2.31. The monoisotopic (exact) mass is 384 g/mol. The molecule has 1 amide bonds. The number of nitrogens with two attached hydrogens (primary N) is 1. The number of hydrogen-bond acceptors (Lipinski definition) is 4. The van der Waals surface area contributed by atoms with E-state index < -0.39 is 22.9 Å². The summed E-state index contributed by atoms with van der Waals surface area (Å²) in [5.74, 6) is 0.304. The van der Waals surface area contributed by atoms with Crippen LogP contribution in [0.4, 0.5) is 18.9 Å². The van der Waals surface area contributed by atoms with Gasteiger partial charge in [-0.15, -0.1) is 11.8 Å². The molecule has 0 aliphatic rings. The Morgan fingerprint density at radius 3 is 2.42 bits per heavy atom. The molecule has 0 aliphatic carbocycles. The third-order valence-electron chi connectivity index (χ3n) is 3.56. The van der Waals surface area contributed by atoms with Crippen LogP contribution in [0.2, 0.25) is 0 Å². The van der Waals surface area contributed by atoms with Gasteiger partial charge in [0.25, 0.3) is 0 Å². The van der Waals surface area contributed by atoms with E-state index in [0.717, 1.165) is 17.0 Å². The number of alkyl halides is 3. The van der Waals surface area contributed by atoms with Crippen molar-refractivity contribution in [2.45, 2.75) is 29.8 Å². The molecule has 0 spiro atoms. The Morgan fingerprint density at radius 1 is 1.23 bits per heavy atom. The van der Waals surface area contributed by atoms with E-state index in [1.54, 1.807) is 26.2 Å². The molecule has 0 aromatic heterocycles. The molecule has 0 saturated heterocycles. The molecule has 0 bridgehead atoms. The second kappa shape index (κ2) is 8.46. The van der Waals surface area contributed by atoms with Crippen molar-refractivity contribution in [2.75, 3.05) is 12.4 Å². The van der Waals surface area contributed by atoms with Crippen LogP contribution in [-0.4, -0.2) is 18.3 Å². The Bertz CT molecular complexity index is 764. The molecule has 2 rings (SSSR count). The molecule has 1 unspecified atom stereocenters. The van der Waals surface area contributed by atoms with Crippen LogP contribution >= 0.6 is 11.8 Å². The molecule has 26 heavy (non-hydrogen) atoms. The Hall–Kier alpha value is -2.19. The maximum Gasteiger partial charge on any atom is 0.416 e. The average Bonchev–Trinajstić information content (AvgIpc) is 2.61. The minimum absolute atomic E-state index is 0.0526. The fraction of sp³-hybridized carbons (Fsp3) is 0.278. The van der Waals surface area contributed by atoms with Gasteiger partial charge in [-0.05, 0) is 55.0 Å². The summed E-state index contributed by atoms with van der Waals surface area (Å²) in [6.45, 7) is 1.63. The van der Waals surface area contributed by atoms with E-state index in [0.29, 0.717) is 11.3 Å². The lowest BCUT2D eigenvalue weighted by Gasteiger charge is -2.15. The number of ether oxygens (including phenoxy) is 1. The Balaban J connectivity index is 2.10. The zero-order valence-corrected chi connectivity index (χ0v) is 15.1. The SMILES string of the molecule is COc1ccc(SC(C)C(=O)Nc2cc(CN)cc(C(F)(F)F)c2)cc1. The molecule has 4 nitrogen and oxygen atoms in total. The molecular weight excluding hydrogens is 365 g/mol. The number of hydrogen-bond donors (Lipinski definition) is 2. The molecule has 0 heterocycles. The van der Waals surface area contributed by atoms with Gasteiger partial charge in [0.05, 0.1) is 17.9 Å². The summed E-state index contributed by atoms with van der Waals surface area (Å²) in [7, 11) is 1.56. The highest BCUT2D eigenvalue weighted by molar-refractivity contribution is 8.00.